The number of benzene rings is 12. The van der Waals surface area contributed by atoms with Gasteiger partial charge in [-0.15, -0.1) is 0 Å². The van der Waals surface area contributed by atoms with E-state index in [4.69, 9.17) is 0 Å². The number of rotatable bonds is 5. The number of aromatic nitrogens is 1. The van der Waals surface area contributed by atoms with E-state index in [-0.39, 0.29) is 0 Å². The molecule has 0 saturated carbocycles. The van der Waals surface area contributed by atoms with E-state index in [0.29, 0.717) is 0 Å². The molecule has 0 amide bonds. The van der Waals surface area contributed by atoms with Crippen molar-refractivity contribution in [2.75, 3.05) is 9.80 Å². The predicted molar refractivity (Wildman–Crippen MR) is 300 cm³/mol. The summed E-state index contributed by atoms with van der Waals surface area (Å²) in [7, 11) is 0. The van der Waals surface area contributed by atoms with Gasteiger partial charge >= 0.3 is 0 Å². The summed E-state index contributed by atoms with van der Waals surface area (Å²) in [6.07, 6.45) is 0. The van der Waals surface area contributed by atoms with E-state index in [9.17, 15) is 0 Å². The minimum Gasteiger partial charge on any atom is -0.310 e. The normalized spacial score (nSPS) is 13.4. The maximum atomic E-state index is 2.54. The van der Waals surface area contributed by atoms with E-state index in [1.54, 1.807) is 0 Å². The molecule has 13 aromatic rings. The number of hydrogen-bond acceptors (Lipinski definition) is 2. The molecule has 1 aliphatic heterocycles. The first-order valence-corrected chi connectivity index (χ1v) is 25.0. The lowest BCUT2D eigenvalue weighted by Crippen LogP contribution is -2.26. The molecule has 0 N–H and O–H groups in total. The Kier molecular flexibility index (Phi) is 8.09. The molecule has 72 heavy (non-hydrogen) atoms. The average Bonchev–Trinajstić information content (AvgIpc) is 4.05. The molecule has 0 fully saturated rings. The summed E-state index contributed by atoms with van der Waals surface area (Å²) in [5, 5.41) is 7.49. The van der Waals surface area contributed by atoms with E-state index in [2.05, 4.69) is 275 Å². The molecular formula is C69H43N3. The largest absolute Gasteiger partial charge is 0.310 e. The van der Waals surface area contributed by atoms with Gasteiger partial charge in [-0.3, -0.25) is 0 Å². The molecular weight excluding hydrogens is 871 g/mol. The average molecular weight is 914 g/mol. The second kappa shape index (κ2) is 14.8. The van der Waals surface area contributed by atoms with Gasteiger partial charge in [0.25, 0.3) is 0 Å². The molecule has 2 aliphatic carbocycles. The Labute approximate surface area is 417 Å². The lowest BCUT2D eigenvalue weighted by Gasteiger charge is -2.36. The van der Waals surface area contributed by atoms with Gasteiger partial charge in [-0.05, 0) is 151 Å². The van der Waals surface area contributed by atoms with Crippen LogP contribution >= 0.6 is 0 Å². The van der Waals surface area contributed by atoms with Crippen LogP contribution < -0.4 is 9.80 Å². The number of nitrogens with zero attached hydrogens (tertiary/aromatic N) is 3. The number of anilines is 6. The summed E-state index contributed by atoms with van der Waals surface area (Å²) in [5.74, 6) is 0. The van der Waals surface area contributed by atoms with E-state index < -0.39 is 5.41 Å². The highest BCUT2D eigenvalue weighted by molar-refractivity contribution is 6.19. The van der Waals surface area contributed by atoms with Crippen LogP contribution in [0.15, 0.2) is 261 Å². The number of hydrogen-bond donors (Lipinski definition) is 0. The predicted octanol–water partition coefficient (Wildman–Crippen LogP) is 18.4. The van der Waals surface area contributed by atoms with Gasteiger partial charge in [0.1, 0.15) is 0 Å². The second-order valence-electron chi connectivity index (χ2n) is 19.6. The fraction of sp³-hybridized carbons (Fsp3) is 0.0145. The molecule has 0 bridgehead atoms. The third-order valence-corrected chi connectivity index (χ3v) is 16.1. The summed E-state index contributed by atoms with van der Waals surface area (Å²) >= 11 is 0. The van der Waals surface area contributed by atoms with Gasteiger partial charge in [-0.1, -0.05) is 176 Å². The van der Waals surface area contributed by atoms with Gasteiger partial charge in [-0.25, -0.2) is 0 Å². The first-order valence-electron chi connectivity index (χ1n) is 25.0. The van der Waals surface area contributed by atoms with Crippen molar-refractivity contribution in [2.24, 2.45) is 0 Å². The minimum atomic E-state index is -0.592. The molecule has 3 heteroatoms. The van der Waals surface area contributed by atoms with Crippen molar-refractivity contribution in [3.05, 3.63) is 283 Å². The zero-order chi connectivity index (χ0) is 47.1. The minimum absolute atomic E-state index is 0.592. The summed E-state index contributed by atoms with van der Waals surface area (Å²) < 4.78 is 2.39. The zero-order valence-corrected chi connectivity index (χ0v) is 39.2. The molecule has 334 valence electrons. The number of para-hydroxylation sites is 3. The Bertz CT molecular complexity index is 4360. The van der Waals surface area contributed by atoms with Crippen LogP contribution in [0, 0.1) is 0 Å². The van der Waals surface area contributed by atoms with Crippen molar-refractivity contribution in [2.45, 2.75) is 5.41 Å². The molecule has 3 aliphatic rings. The molecule has 1 aromatic heterocycles. The van der Waals surface area contributed by atoms with Gasteiger partial charge in [0.15, 0.2) is 0 Å². The zero-order valence-electron chi connectivity index (χ0n) is 39.2. The van der Waals surface area contributed by atoms with Crippen LogP contribution in [-0.2, 0) is 5.41 Å². The molecule has 0 saturated heterocycles. The molecule has 0 radical (unpaired) electrons. The smallest absolute Gasteiger partial charge is 0.0727 e. The maximum Gasteiger partial charge on any atom is 0.0727 e. The monoisotopic (exact) mass is 913 g/mol. The maximum absolute atomic E-state index is 2.54. The van der Waals surface area contributed by atoms with Crippen molar-refractivity contribution in [3.8, 4) is 39.1 Å². The second-order valence-corrected chi connectivity index (χ2v) is 19.6. The third-order valence-electron chi connectivity index (χ3n) is 16.1. The van der Waals surface area contributed by atoms with Crippen LogP contribution in [0.2, 0.25) is 0 Å². The Hall–Kier alpha value is -9.44. The van der Waals surface area contributed by atoms with Gasteiger partial charge in [0.05, 0.1) is 27.8 Å². The molecule has 2 heterocycles. The van der Waals surface area contributed by atoms with Crippen molar-refractivity contribution in [3.63, 3.8) is 0 Å². The van der Waals surface area contributed by atoms with E-state index in [1.165, 1.54) is 110 Å². The van der Waals surface area contributed by atoms with E-state index in [0.717, 1.165) is 28.4 Å². The van der Waals surface area contributed by atoms with Crippen LogP contribution in [0.1, 0.15) is 22.3 Å². The van der Waals surface area contributed by atoms with Crippen molar-refractivity contribution in [1.82, 2.24) is 4.57 Å². The fourth-order valence-corrected chi connectivity index (χ4v) is 13.2. The Morgan fingerprint density at radius 1 is 0.306 bits per heavy atom. The first-order chi connectivity index (χ1) is 35.7. The highest BCUT2D eigenvalue weighted by atomic mass is 15.2. The van der Waals surface area contributed by atoms with Crippen LogP contribution in [0.25, 0.3) is 82.4 Å². The standard InChI is InChI=1S/C69H43N3/c1-3-20-46(21-4-1)70(48-36-40-64-58(41-48)56-27-11-14-31-63(56)71(64)47-22-5-2-6-23-47)49-34-37-54-55-38-35-50(43-62(55)69(61(54)42-49)59-29-12-9-25-52(59)53-26-10-13-30-60(53)69)72-65-32-16-19-45-18-15-28-57(67(45)65)68-51-24-8-7-17-44(51)33-39-66(68)72/h1-43H. The van der Waals surface area contributed by atoms with Gasteiger partial charge in [-0.2, -0.15) is 0 Å². The molecule has 16 rings (SSSR count). The Morgan fingerprint density at radius 3 is 1.69 bits per heavy atom. The summed E-state index contributed by atoms with van der Waals surface area (Å²) in [4.78, 5) is 4.99. The molecule has 0 atom stereocenters. The van der Waals surface area contributed by atoms with Crippen LogP contribution in [0.5, 0.6) is 0 Å². The van der Waals surface area contributed by atoms with Gasteiger partial charge < -0.3 is 14.4 Å². The fourth-order valence-electron chi connectivity index (χ4n) is 13.2. The molecule has 1 spiro atoms. The molecule has 3 nitrogen and oxygen atoms in total. The van der Waals surface area contributed by atoms with E-state index >= 15 is 0 Å². The SMILES string of the molecule is c1ccc(N(c2ccc3c(c2)C2(c4ccccc4-c4ccccc42)c2cc(N4c5ccc6ccccc6c5-c5cccc6cccc4c56)ccc2-3)c2ccc3c(c2)c2ccccc2n3-c2ccccc2)cc1. The van der Waals surface area contributed by atoms with Crippen LogP contribution in [0.4, 0.5) is 34.1 Å². The Morgan fingerprint density at radius 2 is 0.889 bits per heavy atom. The Balaban J connectivity index is 0.942. The highest BCUT2D eigenvalue weighted by Crippen LogP contribution is 2.65. The first kappa shape index (κ1) is 39.4. The van der Waals surface area contributed by atoms with Crippen molar-refractivity contribution >= 4 is 77.5 Å². The van der Waals surface area contributed by atoms with Crippen LogP contribution in [-0.4, -0.2) is 4.57 Å². The van der Waals surface area contributed by atoms with Crippen molar-refractivity contribution < 1.29 is 0 Å². The lowest BCUT2D eigenvalue weighted by atomic mass is 9.70. The number of fused-ring (bicyclic) bond motifs is 17. The van der Waals surface area contributed by atoms with Gasteiger partial charge in [0, 0.05) is 50.2 Å². The third kappa shape index (κ3) is 5.24. The lowest BCUT2D eigenvalue weighted by molar-refractivity contribution is 0.793. The van der Waals surface area contributed by atoms with Crippen molar-refractivity contribution in [1.29, 1.82) is 0 Å². The van der Waals surface area contributed by atoms with E-state index in [1.807, 2.05) is 0 Å². The topological polar surface area (TPSA) is 11.4 Å². The summed E-state index contributed by atoms with van der Waals surface area (Å²) in [6, 6.07) is 97.3. The molecule has 12 aromatic carbocycles. The highest BCUT2D eigenvalue weighted by Gasteiger charge is 2.52. The van der Waals surface area contributed by atoms with Crippen LogP contribution in [0.3, 0.4) is 0 Å². The summed E-state index contributed by atoms with van der Waals surface area (Å²) in [6.45, 7) is 0. The molecule has 0 unspecified atom stereocenters. The quantitative estimate of drug-likeness (QED) is 0.170. The summed E-state index contributed by atoms with van der Waals surface area (Å²) in [5.41, 5.74) is 22.7. The van der Waals surface area contributed by atoms with Gasteiger partial charge in [0.2, 0.25) is 0 Å².